The largest absolute Gasteiger partial charge is 0.438 e. The van der Waals surface area contributed by atoms with E-state index in [2.05, 4.69) is 5.23 Å². The van der Waals surface area contributed by atoms with Gasteiger partial charge in [-0.1, -0.05) is 30.3 Å². The fourth-order valence-corrected chi connectivity index (χ4v) is 1.18. The number of rotatable bonds is 0. The molecule has 1 heterocycles. The van der Waals surface area contributed by atoms with Crippen LogP contribution in [-0.4, -0.2) is 12.1 Å². The Morgan fingerprint density at radius 3 is 3.00 bits per heavy atom. The minimum Gasteiger partial charge on any atom is -0.429 e. The zero-order valence-corrected chi connectivity index (χ0v) is 5.99. The van der Waals surface area contributed by atoms with Gasteiger partial charge in [-0.05, 0) is 11.6 Å². The third-order valence-corrected chi connectivity index (χ3v) is 1.72. The molecule has 0 radical (unpaired) electrons. The Kier molecular flexibility index (Phi) is 1.44. The van der Waals surface area contributed by atoms with E-state index in [9.17, 15) is 0 Å². The van der Waals surface area contributed by atoms with Gasteiger partial charge in [0.15, 0.2) is 0 Å². The summed E-state index contributed by atoms with van der Waals surface area (Å²) < 4.78 is 0. The van der Waals surface area contributed by atoms with E-state index in [1.165, 1.54) is 0 Å². The van der Waals surface area contributed by atoms with Gasteiger partial charge in [0.25, 0.3) is 0 Å². The first-order valence-corrected chi connectivity index (χ1v) is 3.58. The molecule has 0 fully saturated rings. The SMILES string of the molecule is OB1C=Cc2ccccc2N1. The molecule has 1 aliphatic heterocycles. The number of hydrogen-bond acceptors (Lipinski definition) is 2. The van der Waals surface area contributed by atoms with Crippen molar-refractivity contribution in [3.8, 4) is 0 Å². The van der Waals surface area contributed by atoms with Crippen LogP contribution in [0.1, 0.15) is 5.56 Å². The number of para-hydroxylation sites is 1. The Morgan fingerprint density at radius 1 is 1.27 bits per heavy atom. The first-order valence-electron chi connectivity index (χ1n) is 3.58. The van der Waals surface area contributed by atoms with Crippen LogP contribution < -0.4 is 5.23 Å². The van der Waals surface area contributed by atoms with E-state index < -0.39 is 7.05 Å². The summed E-state index contributed by atoms with van der Waals surface area (Å²) in [4.78, 5) is 0. The van der Waals surface area contributed by atoms with Crippen molar-refractivity contribution >= 4 is 18.8 Å². The fraction of sp³-hybridized carbons (Fsp3) is 0. The molecule has 0 aromatic heterocycles. The normalized spacial score (nSPS) is 14.1. The van der Waals surface area contributed by atoms with Gasteiger partial charge in [-0.2, -0.15) is 0 Å². The van der Waals surface area contributed by atoms with Crippen molar-refractivity contribution in [2.75, 3.05) is 5.23 Å². The van der Waals surface area contributed by atoms with E-state index >= 15 is 0 Å². The second-order valence-electron chi connectivity index (χ2n) is 2.54. The molecule has 2 nitrogen and oxygen atoms in total. The average Bonchev–Trinajstić information content (AvgIpc) is 2.04. The molecule has 0 unspecified atom stereocenters. The van der Waals surface area contributed by atoms with Gasteiger partial charge in [0.05, 0.1) is 0 Å². The van der Waals surface area contributed by atoms with E-state index in [4.69, 9.17) is 5.02 Å². The molecule has 0 bridgehead atoms. The smallest absolute Gasteiger partial charge is 0.429 e. The zero-order chi connectivity index (χ0) is 7.68. The van der Waals surface area contributed by atoms with Gasteiger partial charge in [0.2, 0.25) is 0 Å². The quantitative estimate of drug-likeness (QED) is 0.536. The second-order valence-corrected chi connectivity index (χ2v) is 2.54. The van der Waals surface area contributed by atoms with Crippen molar-refractivity contribution in [2.45, 2.75) is 0 Å². The summed E-state index contributed by atoms with van der Waals surface area (Å²) in [6, 6.07) is 7.87. The van der Waals surface area contributed by atoms with Crippen molar-refractivity contribution in [3.05, 3.63) is 35.8 Å². The average molecular weight is 145 g/mol. The number of fused-ring (bicyclic) bond motifs is 1. The molecule has 11 heavy (non-hydrogen) atoms. The van der Waals surface area contributed by atoms with Crippen LogP contribution in [0.2, 0.25) is 0 Å². The highest BCUT2D eigenvalue weighted by molar-refractivity contribution is 6.61. The minimum atomic E-state index is -0.537. The lowest BCUT2D eigenvalue weighted by Crippen LogP contribution is -2.24. The van der Waals surface area contributed by atoms with Gasteiger partial charge in [-0.15, -0.1) is 0 Å². The summed E-state index contributed by atoms with van der Waals surface area (Å²) in [7, 11) is -0.537. The molecule has 2 rings (SSSR count). The molecule has 1 aromatic carbocycles. The van der Waals surface area contributed by atoms with E-state index in [1.54, 1.807) is 5.98 Å². The second kappa shape index (κ2) is 2.44. The Morgan fingerprint density at radius 2 is 2.09 bits per heavy atom. The Hall–Kier alpha value is -1.22. The summed E-state index contributed by atoms with van der Waals surface area (Å²) in [5, 5.41) is 12.1. The van der Waals surface area contributed by atoms with Crippen molar-refractivity contribution in [3.63, 3.8) is 0 Å². The van der Waals surface area contributed by atoms with Crippen molar-refractivity contribution in [2.24, 2.45) is 0 Å². The molecular formula is C8H8BNO. The van der Waals surface area contributed by atoms with E-state index in [-0.39, 0.29) is 0 Å². The van der Waals surface area contributed by atoms with E-state index in [1.807, 2.05) is 30.3 Å². The minimum absolute atomic E-state index is 0.537. The highest BCUT2D eigenvalue weighted by atomic mass is 16.2. The molecule has 0 atom stereocenters. The molecule has 0 aliphatic carbocycles. The fourth-order valence-electron chi connectivity index (χ4n) is 1.18. The van der Waals surface area contributed by atoms with Crippen LogP contribution >= 0.6 is 0 Å². The monoisotopic (exact) mass is 145 g/mol. The summed E-state index contributed by atoms with van der Waals surface area (Å²) in [6.07, 6.45) is 1.91. The topological polar surface area (TPSA) is 32.3 Å². The van der Waals surface area contributed by atoms with Gasteiger partial charge in [-0.25, -0.2) is 0 Å². The van der Waals surface area contributed by atoms with Crippen LogP contribution in [0.25, 0.3) is 6.08 Å². The molecule has 1 aliphatic rings. The molecule has 0 amide bonds. The molecule has 0 saturated carbocycles. The lowest BCUT2D eigenvalue weighted by Gasteiger charge is -2.14. The Balaban J connectivity index is 2.46. The maximum absolute atomic E-state index is 9.16. The first kappa shape index (κ1) is 6.49. The van der Waals surface area contributed by atoms with Crippen LogP contribution in [0.4, 0.5) is 5.69 Å². The summed E-state index contributed by atoms with van der Waals surface area (Å²) in [5.74, 6) is 1.72. The zero-order valence-electron chi connectivity index (χ0n) is 5.99. The third-order valence-electron chi connectivity index (χ3n) is 1.72. The third kappa shape index (κ3) is 1.15. The van der Waals surface area contributed by atoms with Crippen LogP contribution in [-0.2, 0) is 0 Å². The summed E-state index contributed by atoms with van der Waals surface area (Å²) in [5.41, 5.74) is 2.11. The van der Waals surface area contributed by atoms with Gasteiger partial charge in [0, 0.05) is 5.69 Å². The number of benzene rings is 1. The highest BCUT2D eigenvalue weighted by Crippen LogP contribution is 2.19. The maximum atomic E-state index is 9.16. The summed E-state index contributed by atoms with van der Waals surface area (Å²) >= 11 is 0. The lowest BCUT2D eigenvalue weighted by molar-refractivity contribution is 0.592. The molecular weight excluding hydrogens is 137 g/mol. The van der Waals surface area contributed by atoms with Gasteiger partial charge in [0.1, 0.15) is 0 Å². The lowest BCUT2D eigenvalue weighted by atomic mass is 9.79. The molecule has 3 heteroatoms. The number of nitrogens with one attached hydrogen (secondary N) is 1. The predicted octanol–water partition coefficient (Wildman–Crippen LogP) is 1.14. The molecule has 2 N–H and O–H groups in total. The van der Waals surface area contributed by atoms with Crippen molar-refractivity contribution < 1.29 is 5.02 Å². The number of anilines is 1. The highest BCUT2D eigenvalue weighted by Gasteiger charge is 2.12. The standard InChI is InChI=1S/C8H8BNO/c11-9-6-5-7-3-1-2-4-8(7)10-9/h1-6,10-11H. The van der Waals surface area contributed by atoms with E-state index in [0.29, 0.717) is 0 Å². The van der Waals surface area contributed by atoms with Crippen molar-refractivity contribution in [1.82, 2.24) is 0 Å². The Labute approximate surface area is 65.7 Å². The maximum Gasteiger partial charge on any atom is 0.438 e. The molecule has 1 aromatic rings. The molecule has 0 spiro atoms. The molecule has 0 saturated heterocycles. The molecule has 54 valence electrons. The van der Waals surface area contributed by atoms with E-state index in [0.717, 1.165) is 11.3 Å². The predicted molar refractivity (Wildman–Crippen MR) is 47.1 cm³/mol. The van der Waals surface area contributed by atoms with Crippen LogP contribution in [0, 0.1) is 0 Å². The van der Waals surface area contributed by atoms with Crippen molar-refractivity contribution in [1.29, 1.82) is 0 Å². The Bertz CT molecular complexity index is 298. The number of hydrogen-bond donors (Lipinski definition) is 2. The summed E-state index contributed by atoms with van der Waals surface area (Å²) in [6.45, 7) is 0. The van der Waals surface area contributed by atoms with Gasteiger partial charge in [-0.3, -0.25) is 0 Å². The van der Waals surface area contributed by atoms with Crippen LogP contribution in [0.3, 0.4) is 0 Å². The van der Waals surface area contributed by atoms with Gasteiger partial charge < -0.3 is 10.3 Å². The van der Waals surface area contributed by atoms with Crippen LogP contribution in [0.5, 0.6) is 0 Å². The van der Waals surface area contributed by atoms with Crippen LogP contribution in [0.15, 0.2) is 30.2 Å². The first-order chi connectivity index (χ1) is 5.36. The van der Waals surface area contributed by atoms with Gasteiger partial charge >= 0.3 is 7.05 Å².